The Morgan fingerprint density at radius 1 is 1.12 bits per heavy atom. The number of nitrogens with zero attached hydrogens (tertiary/aromatic N) is 5. The fraction of sp³-hybridized carbons (Fsp3) is 0.613. The minimum absolute atomic E-state index is 0.0421. The van der Waals surface area contributed by atoms with E-state index in [2.05, 4.69) is 19.8 Å². The highest BCUT2D eigenvalue weighted by Gasteiger charge is 2.46. The summed E-state index contributed by atoms with van der Waals surface area (Å²) >= 11 is 0. The van der Waals surface area contributed by atoms with Crippen LogP contribution in [0, 0.1) is 23.1 Å². The third kappa shape index (κ3) is 6.47. The summed E-state index contributed by atoms with van der Waals surface area (Å²) in [5.74, 6) is 1.31. The quantitative estimate of drug-likeness (QED) is 0.422. The summed E-state index contributed by atoms with van der Waals surface area (Å²) < 4.78 is 25.2. The molecule has 9 nitrogen and oxygen atoms in total. The zero-order chi connectivity index (χ0) is 29.1. The van der Waals surface area contributed by atoms with Crippen molar-refractivity contribution in [3.63, 3.8) is 0 Å². The van der Waals surface area contributed by atoms with E-state index in [4.69, 9.17) is 9.47 Å². The molecule has 0 radical (unpaired) electrons. The SMILES string of the molecule is COC(=O)C1CCC(CN2CCC3(CC2)CN(c2ncncc2Oc2ccc(F)cc2C(=O)N(C)C(C)C)C3)CC1. The van der Waals surface area contributed by atoms with E-state index in [9.17, 15) is 14.0 Å². The van der Waals surface area contributed by atoms with Crippen molar-refractivity contribution in [3.8, 4) is 11.5 Å². The number of benzene rings is 1. The number of carbonyl (C=O) groups excluding carboxylic acids is 2. The number of hydrogen-bond acceptors (Lipinski definition) is 8. The molecular formula is C31H42FN5O4. The topological polar surface area (TPSA) is 88.1 Å². The van der Waals surface area contributed by atoms with Gasteiger partial charge in [-0.1, -0.05) is 0 Å². The van der Waals surface area contributed by atoms with Crippen LogP contribution in [-0.4, -0.2) is 84.6 Å². The Morgan fingerprint density at radius 3 is 2.49 bits per heavy atom. The fourth-order valence-corrected chi connectivity index (χ4v) is 6.47. The van der Waals surface area contributed by atoms with Gasteiger partial charge >= 0.3 is 5.97 Å². The summed E-state index contributed by atoms with van der Waals surface area (Å²) in [4.78, 5) is 39.9. The molecule has 0 atom stereocenters. The van der Waals surface area contributed by atoms with Gasteiger partial charge in [0.05, 0.1) is 24.8 Å². The molecule has 3 fully saturated rings. The molecular weight excluding hydrogens is 525 g/mol. The van der Waals surface area contributed by atoms with Crippen LogP contribution in [0.15, 0.2) is 30.7 Å². The van der Waals surface area contributed by atoms with E-state index in [1.807, 2.05) is 13.8 Å². The Balaban J connectivity index is 1.17. The second-order valence-corrected chi connectivity index (χ2v) is 12.4. The van der Waals surface area contributed by atoms with Crippen molar-refractivity contribution < 1.29 is 23.5 Å². The first-order chi connectivity index (χ1) is 19.7. The molecule has 41 heavy (non-hydrogen) atoms. The molecule has 1 saturated carbocycles. The molecule has 1 spiro atoms. The molecule has 1 aliphatic carbocycles. The molecule has 1 aromatic carbocycles. The predicted molar refractivity (Wildman–Crippen MR) is 154 cm³/mol. The number of ether oxygens (including phenoxy) is 2. The first-order valence-corrected chi connectivity index (χ1v) is 14.8. The molecule has 1 amide bonds. The number of piperidine rings is 1. The van der Waals surface area contributed by atoms with Crippen molar-refractivity contribution in [2.24, 2.45) is 17.3 Å². The molecule has 0 bridgehead atoms. The normalized spacial score (nSPS) is 22.3. The number of hydrogen-bond donors (Lipinski definition) is 0. The third-order valence-electron chi connectivity index (χ3n) is 9.31. The lowest BCUT2D eigenvalue weighted by molar-refractivity contribution is -0.146. The van der Waals surface area contributed by atoms with Crippen LogP contribution >= 0.6 is 0 Å². The van der Waals surface area contributed by atoms with Crippen LogP contribution in [0.25, 0.3) is 0 Å². The molecule has 2 saturated heterocycles. The lowest BCUT2D eigenvalue weighted by Gasteiger charge is -2.54. The van der Waals surface area contributed by atoms with Crippen molar-refractivity contribution in [3.05, 3.63) is 42.1 Å². The summed E-state index contributed by atoms with van der Waals surface area (Å²) in [6, 6.07) is 3.96. The highest BCUT2D eigenvalue weighted by atomic mass is 19.1. The van der Waals surface area contributed by atoms with Crippen molar-refractivity contribution in [2.45, 2.75) is 58.4 Å². The molecule has 222 valence electrons. The zero-order valence-corrected chi connectivity index (χ0v) is 24.6. The van der Waals surface area contributed by atoms with Gasteiger partial charge in [-0.15, -0.1) is 0 Å². The maximum Gasteiger partial charge on any atom is 0.308 e. The lowest BCUT2D eigenvalue weighted by atomic mass is 9.71. The first kappa shape index (κ1) is 29.2. The second-order valence-electron chi connectivity index (χ2n) is 12.4. The van der Waals surface area contributed by atoms with Crippen molar-refractivity contribution in [1.82, 2.24) is 19.8 Å². The van der Waals surface area contributed by atoms with Crippen LogP contribution in [0.5, 0.6) is 11.5 Å². The standard InChI is InChI=1S/C31H42FN5O4/c1-21(2)35(3)29(38)25-15-24(32)9-10-26(25)41-27-16-33-20-34-28(27)37-18-31(19-37)11-13-36(14-12-31)17-22-5-7-23(8-6-22)30(39)40-4/h9-10,15-16,20-23H,5-8,11-14,17-19H2,1-4H3. The molecule has 0 unspecified atom stereocenters. The van der Waals surface area contributed by atoms with E-state index in [1.54, 1.807) is 18.1 Å². The number of esters is 1. The van der Waals surface area contributed by atoms with Crippen LogP contribution in [-0.2, 0) is 9.53 Å². The van der Waals surface area contributed by atoms with Crippen molar-refractivity contribution >= 4 is 17.7 Å². The van der Waals surface area contributed by atoms with E-state index in [1.165, 1.54) is 31.6 Å². The Labute approximate surface area is 242 Å². The first-order valence-electron chi connectivity index (χ1n) is 14.8. The van der Waals surface area contributed by atoms with Crippen LogP contribution in [0.2, 0.25) is 0 Å². The van der Waals surface area contributed by atoms with Crippen molar-refractivity contribution in [2.75, 3.05) is 51.8 Å². The molecule has 5 rings (SSSR count). The summed E-state index contributed by atoms with van der Waals surface area (Å²) in [5.41, 5.74) is 0.431. The predicted octanol–water partition coefficient (Wildman–Crippen LogP) is 4.77. The van der Waals surface area contributed by atoms with Gasteiger partial charge in [0.1, 0.15) is 17.9 Å². The maximum atomic E-state index is 14.1. The number of anilines is 1. The van der Waals surface area contributed by atoms with E-state index >= 15 is 0 Å². The number of aromatic nitrogens is 2. The van der Waals surface area contributed by atoms with E-state index in [0.717, 1.165) is 71.2 Å². The van der Waals surface area contributed by atoms with Gasteiger partial charge in [-0.25, -0.2) is 14.4 Å². The Kier molecular flexibility index (Phi) is 8.77. The smallest absolute Gasteiger partial charge is 0.308 e. The second kappa shape index (κ2) is 12.3. The van der Waals surface area contributed by atoms with Gasteiger partial charge in [0, 0.05) is 38.1 Å². The van der Waals surface area contributed by atoms with Crippen LogP contribution in [0.3, 0.4) is 0 Å². The Bertz CT molecular complexity index is 1230. The number of likely N-dealkylation sites (tertiary alicyclic amines) is 1. The van der Waals surface area contributed by atoms with Gasteiger partial charge in [-0.2, -0.15) is 0 Å². The molecule has 3 heterocycles. The molecule has 2 aromatic rings. The van der Waals surface area contributed by atoms with Gasteiger partial charge in [0.2, 0.25) is 0 Å². The van der Waals surface area contributed by atoms with Gasteiger partial charge < -0.3 is 24.2 Å². The highest BCUT2D eigenvalue weighted by molar-refractivity contribution is 5.97. The number of carbonyl (C=O) groups is 2. The Morgan fingerprint density at radius 2 is 1.83 bits per heavy atom. The van der Waals surface area contributed by atoms with Gasteiger partial charge in [-0.05, 0) is 89.6 Å². The number of rotatable bonds is 8. The lowest BCUT2D eigenvalue weighted by Crippen LogP contribution is -2.61. The molecule has 2 aliphatic heterocycles. The van der Waals surface area contributed by atoms with Gasteiger partial charge in [-0.3, -0.25) is 9.59 Å². The molecule has 0 N–H and O–H groups in total. The minimum atomic E-state index is -0.493. The Hall–Kier alpha value is -3.27. The number of methoxy groups -OCH3 is 1. The largest absolute Gasteiger partial charge is 0.469 e. The zero-order valence-electron chi connectivity index (χ0n) is 24.6. The number of halogens is 1. The average Bonchev–Trinajstić information content (AvgIpc) is 2.97. The fourth-order valence-electron chi connectivity index (χ4n) is 6.47. The van der Waals surface area contributed by atoms with E-state index in [-0.39, 0.29) is 40.6 Å². The maximum absolute atomic E-state index is 14.1. The molecule has 10 heteroatoms. The van der Waals surface area contributed by atoms with Gasteiger partial charge in [0.15, 0.2) is 11.6 Å². The molecule has 3 aliphatic rings. The summed E-state index contributed by atoms with van der Waals surface area (Å²) in [7, 11) is 3.18. The van der Waals surface area contributed by atoms with Gasteiger partial charge in [0.25, 0.3) is 5.91 Å². The summed E-state index contributed by atoms with van der Waals surface area (Å²) in [6.07, 6.45) is 9.47. The van der Waals surface area contributed by atoms with Crippen molar-refractivity contribution in [1.29, 1.82) is 0 Å². The average molecular weight is 568 g/mol. The van der Waals surface area contributed by atoms with Crippen LogP contribution in [0.1, 0.15) is 62.7 Å². The van der Waals surface area contributed by atoms with E-state index in [0.29, 0.717) is 17.5 Å². The highest BCUT2D eigenvalue weighted by Crippen LogP contribution is 2.45. The number of amides is 1. The monoisotopic (exact) mass is 567 g/mol. The summed E-state index contributed by atoms with van der Waals surface area (Å²) in [6.45, 7) is 8.88. The minimum Gasteiger partial charge on any atom is -0.469 e. The van der Waals surface area contributed by atoms with E-state index < -0.39 is 5.82 Å². The molecule has 1 aromatic heterocycles. The summed E-state index contributed by atoms with van der Waals surface area (Å²) in [5, 5.41) is 0. The third-order valence-corrected chi connectivity index (χ3v) is 9.31. The van der Waals surface area contributed by atoms with Crippen LogP contribution in [0.4, 0.5) is 10.2 Å². The van der Waals surface area contributed by atoms with Crippen LogP contribution < -0.4 is 9.64 Å².